The molecular weight excluding hydrogens is 242 g/mol. The van der Waals surface area contributed by atoms with Crippen LogP contribution in [0.15, 0.2) is 12.7 Å². The van der Waals surface area contributed by atoms with Crippen LogP contribution in [0.5, 0.6) is 0 Å². The molecule has 0 aliphatic rings. The third-order valence-electron chi connectivity index (χ3n) is 2.04. The van der Waals surface area contributed by atoms with Crippen LogP contribution in [-0.2, 0) is 4.79 Å². The average molecular weight is 262 g/mol. The van der Waals surface area contributed by atoms with Gasteiger partial charge in [0.25, 0.3) is 0 Å². The van der Waals surface area contributed by atoms with Gasteiger partial charge in [-0.25, -0.2) is 0 Å². The molecule has 1 amide bonds. The second-order valence-electron chi connectivity index (χ2n) is 3.57. The minimum atomic E-state index is 0.237. The summed E-state index contributed by atoms with van der Waals surface area (Å²) in [6.45, 7) is 8.39. The summed E-state index contributed by atoms with van der Waals surface area (Å²) in [5, 5.41) is 0.976. The van der Waals surface area contributed by atoms with Gasteiger partial charge in [-0.05, 0) is 26.7 Å². The first-order chi connectivity index (χ1) is 6.63. The molecule has 0 aliphatic carbocycles. The van der Waals surface area contributed by atoms with Crippen LogP contribution in [0.1, 0.15) is 33.1 Å². The van der Waals surface area contributed by atoms with E-state index in [-0.39, 0.29) is 11.9 Å². The maximum Gasteiger partial charge on any atom is 0.223 e. The van der Waals surface area contributed by atoms with Crippen LogP contribution in [0.3, 0.4) is 0 Å². The SMILES string of the molecule is C=CCN(C(=O)CCCCBr)C(C)C. The molecule has 0 bridgehead atoms. The van der Waals surface area contributed by atoms with Crippen LogP contribution in [0, 0.1) is 0 Å². The predicted molar refractivity (Wildman–Crippen MR) is 64.7 cm³/mol. The van der Waals surface area contributed by atoms with E-state index in [1.807, 2.05) is 18.7 Å². The topological polar surface area (TPSA) is 20.3 Å². The Bertz CT molecular complexity index is 180. The zero-order chi connectivity index (χ0) is 11.0. The monoisotopic (exact) mass is 261 g/mol. The van der Waals surface area contributed by atoms with E-state index < -0.39 is 0 Å². The molecule has 3 heteroatoms. The van der Waals surface area contributed by atoms with Crippen molar-refractivity contribution in [2.24, 2.45) is 0 Å². The molecule has 0 N–H and O–H groups in total. The van der Waals surface area contributed by atoms with Crippen molar-refractivity contribution in [2.75, 3.05) is 11.9 Å². The highest BCUT2D eigenvalue weighted by Crippen LogP contribution is 2.06. The van der Waals surface area contributed by atoms with Crippen molar-refractivity contribution in [3.63, 3.8) is 0 Å². The highest BCUT2D eigenvalue weighted by molar-refractivity contribution is 9.09. The lowest BCUT2D eigenvalue weighted by molar-refractivity contribution is -0.132. The summed E-state index contributed by atoms with van der Waals surface area (Å²) < 4.78 is 0. The van der Waals surface area contributed by atoms with E-state index in [1.54, 1.807) is 6.08 Å². The molecule has 82 valence electrons. The Morgan fingerprint density at radius 1 is 1.50 bits per heavy atom. The lowest BCUT2D eigenvalue weighted by Crippen LogP contribution is -2.36. The Labute approximate surface area is 95.5 Å². The van der Waals surface area contributed by atoms with Crippen LogP contribution < -0.4 is 0 Å². The zero-order valence-corrected chi connectivity index (χ0v) is 10.7. The van der Waals surface area contributed by atoms with Gasteiger partial charge < -0.3 is 4.90 Å². The highest BCUT2D eigenvalue weighted by Gasteiger charge is 2.14. The van der Waals surface area contributed by atoms with E-state index in [2.05, 4.69) is 22.5 Å². The number of nitrogens with zero attached hydrogens (tertiary/aromatic N) is 1. The average Bonchev–Trinajstić information content (AvgIpc) is 2.13. The number of unbranched alkanes of at least 4 members (excludes halogenated alkanes) is 1. The van der Waals surface area contributed by atoms with Gasteiger partial charge in [-0.2, -0.15) is 0 Å². The van der Waals surface area contributed by atoms with Gasteiger partial charge in [0.15, 0.2) is 0 Å². The molecule has 0 radical (unpaired) electrons. The van der Waals surface area contributed by atoms with Crippen molar-refractivity contribution >= 4 is 21.8 Å². The van der Waals surface area contributed by atoms with Crippen LogP contribution in [0.25, 0.3) is 0 Å². The van der Waals surface area contributed by atoms with Crippen molar-refractivity contribution in [1.82, 2.24) is 4.90 Å². The zero-order valence-electron chi connectivity index (χ0n) is 9.13. The summed E-state index contributed by atoms with van der Waals surface area (Å²) in [7, 11) is 0. The van der Waals surface area contributed by atoms with Gasteiger partial charge in [0, 0.05) is 24.3 Å². The summed E-state index contributed by atoms with van der Waals surface area (Å²) in [4.78, 5) is 13.6. The van der Waals surface area contributed by atoms with Crippen LogP contribution in [0.2, 0.25) is 0 Å². The first-order valence-corrected chi connectivity index (χ1v) is 6.22. The van der Waals surface area contributed by atoms with E-state index in [4.69, 9.17) is 0 Å². The molecule has 0 aromatic heterocycles. The standard InChI is InChI=1S/C11H20BrNO/c1-4-9-13(10(2)3)11(14)7-5-6-8-12/h4,10H,1,5-9H2,2-3H3. The third kappa shape index (κ3) is 5.43. The van der Waals surface area contributed by atoms with Crippen molar-refractivity contribution in [3.8, 4) is 0 Å². The minimum Gasteiger partial charge on any atom is -0.337 e. The molecule has 0 rings (SSSR count). The van der Waals surface area contributed by atoms with Gasteiger partial charge in [0.2, 0.25) is 5.91 Å². The number of alkyl halides is 1. The lowest BCUT2D eigenvalue weighted by Gasteiger charge is -2.25. The summed E-state index contributed by atoms with van der Waals surface area (Å²) in [5.74, 6) is 0.237. The number of halogens is 1. The summed E-state index contributed by atoms with van der Waals surface area (Å²) in [6, 6.07) is 0.268. The van der Waals surface area contributed by atoms with Gasteiger partial charge in [-0.15, -0.1) is 6.58 Å². The van der Waals surface area contributed by atoms with Gasteiger partial charge in [-0.1, -0.05) is 22.0 Å². The normalized spacial score (nSPS) is 10.3. The minimum absolute atomic E-state index is 0.237. The van der Waals surface area contributed by atoms with Gasteiger partial charge in [0.05, 0.1) is 0 Å². The second-order valence-corrected chi connectivity index (χ2v) is 4.37. The first-order valence-electron chi connectivity index (χ1n) is 5.09. The molecular formula is C11H20BrNO. The lowest BCUT2D eigenvalue weighted by atomic mass is 10.2. The molecule has 2 nitrogen and oxygen atoms in total. The number of hydrogen-bond donors (Lipinski definition) is 0. The van der Waals surface area contributed by atoms with E-state index >= 15 is 0 Å². The highest BCUT2D eigenvalue weighted by atomic mass is 79.9. The number of hydrogen-bond acceptors (Lipinski definition) is 1. The Morgan fingerprint density at radius 3 is 2.57 bits per heavy atom. The molecule has 0 aromatic carbocycles. The molecule has 0 aromatic rings. The smallest absolute Gasteiger partial charge is 0.223 e. The largest absolute Gasteiger partial charge is 0.337 e. The van der Waals surface area contributed by atoms with Crippen LogP contribution >= 0.6 is 15.9 Å². The van der Waals surface area contributed by atoms with Gasteiger partial charge >= 0.3 is 0 Å². The summed E-state index contributed by atoms with van der Waals surface area (Å²) in [5.41, 5.74) is 0. The van der Waals surface area contributed by atoms with Crippen molar-refractivity contribution in [1.29, 1.82) is 0 Å². The van der Waals surface area contributed by atoms with E-state index in [0.717, 1.165) is 18.2 Å². The fraction of sp³-hybridized carbons (Fsp3) is 0.727. The number of carbonyl (C=O) groups excluding carboxylic acids is 1. The van der Waals surface area contributed by atoms with E-state index in [9.17, 15) is 4.79 Å². The summed E-state index contributed by atoms with van der Waals surface area (Å²) >= 11 is 3.36. The van der Waals surface area contributed by atoms with Crippen molar-refractivity contribution in [2.45, 2.75) is 39.2 Å². The van der Waals surface area contributed by atoms with Gasteiger partial charge in [0.1, 0.15) is 0 Å². The Kier molecular flexibility index (Phi) is 7.86. The molecule has 0 aliphatic heterocycles. The molecule has 0 saturated heterocycles. The summed E-state index contributed by atoms with van der Waals surface area (Å²) in [6.07, 6.45) is 4.45. The first kappa shape index (κ1) is 13.7. The third-order valence-corrected chi connectivity index (χ3v) is 2.60. The van der Waals surface area contributed by atoms with E-state index in [0.29, 0.717) is 13.0 Å². The van der Waals surface area contributed by atoms with Crippen molar-refractivity contribution < 1.29 is 4.79 Å². The maximum atomic E-state index is 11.7. The fourth-order valence-corrected chi connectivity index (χ4v) is 1.65. The Balaban J connectivity index is 3.95. The molecule has 0 fully saturated rings. The van der Waals surface area contributed by atoms with E-state index in [1.165, 1.54) is 0 Å². The molecule has 0 saturated carbocycles. The Hall–Kier alpha value is -0.310. The van der Waals surface area contributed by atoms with Crippen molar-refractivity contribution in [3.05, 3.63) is 12.7 Å². The predicted octanol–water partition coefficient (Wildman–Crippen LogP) is 2.97. The second kappa shape index (κ2) is 8.04. The van der Waals surface area contributed by atoms with Gasteiger partial charge in [-0.3, -0.25) is 4.79 Å². The molecule has 0 unspecified atom stereocenters. The van der Waals surface area contributed by atoms with Crippen LogP contribution in [-0.4, -0.2) is 28.7 Å². The Morgan fingerprint density at radius 2 is 2.14 bits per heavy atom. The molecule has 0 spiro atoms. The number of amides is 1. The van der Waals surface area contributed by atoms with Crippen LogP contribution in [0.4, 0.5) is 0 Å². The molecule has 0 atom stereocenters. The maximum absolute atomic E-state index is 11.7. The number of carbonyl (C=O) groups is 1. The fourth-order valence-electron chi connectivity index (χ4n) is 1.25. The molecule has 0 heterocycles. The number of rotatable bonds is 7. The molecule has 14 heavy (non-hydrogen) atoms. The quantitative estimate of drug-likeness (QED) is 0.392.